The second-order valence-corrected chi connectivity index (χ2v) is 5.56. The molecule has 0 aromatic heterocycles. The van der Waals surface area contributed by atoms with Crippen LogP contribution in [0.15, 0.2) is 18.2 Å². The minimum absolute atomic E-state index is 0.312. The molecule has 1 aromatic carbocycles. The molecule has 0 bridgehead atoms. The second-order valence-electron chi connectivity index (χ2n) is 4.69. The first-order valence-electron chi connectivity index (χ1n) is 6.20. The molecule has 18 heavy (non-hydrogen) atoms. The van der Waals surface area contributed by atoms with Gasteiger partial charge in [0.1, 0.15) is 6.61 Å². The highest BCUT2D eigenvalue weighted by Crippen LogP contribution is 2.36. The Bertz CT molecular complexity index is 422. The molecule has 0 saturated heterocycles. The molecule has 0 atom stereocenters. The summed E-state index contributed by atoms with van der Waals surface area (Å²) in [7, 11) is 0. The first kappa shape index (κ1) is 13.7. The van der Waals surface area contributed by atoms with Gasteiger partial charge in [0.25, 0.3) is 0 Å². The van der Waals surface area contributed by atoms with Crippen LogP contribution in [0.4, 0.5) is 0 Å². The first-order chi connectivity index (χ1) is 8.69. The molecule has 1 saturated carbocycles. The number of hydrogen-bond donors (Lipinski definition) is 0. The molecule has 1 nitrogen and oxygen atoms in total. The fraction of sp³-hybridized carbons (Fsp3) is 0.467. The molecule has 1 aliphatic carbocycles. The summed E-state index contributed by atoms with van der Waals surface area (Å²) in [6.07, 6.45) is 9.82. The highest BCUT2D eigenvalue weighted by Gasteiger charge is 2.23. The summed E-state index contributed by atoms with van der Waals surface area (Å²) in [5.74, 6) is 3.05. The molecule has 1 aromatic rings. The van der Waals surface area contributed by atoms with E-state index in [1.807, 2.05) is 12.1 Å². The topological polar surface area (TPSA) is 9.23 Å². The van der Waals surface area contributed by atoms with Crippen molar-refractivity contribution in [1.82, 2.24) is 0 Å². The van der Waals surface area contributed by atoms with E-state index in [4.69, 9.17) is 34.4 Å². The molecule has 0 unspecified atom stereocenters. The number of benzene rings is 1. The van der Waals surface area contributed by atoms with Crippen LogP contribution < -0.4 is 0 Å². The molecular weight excluding hydrogens is 267 g/mol. The van der Waals surface area contributed by atoms with E-state index in [9.17, 15) is 0 Å². The third-order valence-corrected chi connectivity index (χ3v) is 3.87. The smallest absolute Gasteiger partial charge is 0.107 e. The number of hydrogen-bond acceptors (Lipinski definition) is 1. The number of ether oxygens (including phenoxy) is 1. The SMILES string of the molecule is C#CCOC1CCC(c2cc(Cl)cc(Cl)c2)CC1. The van der Waals surface area contributed by atoms with Gasteiger partial charge >= 0.3 is 0 Å². The molecule has 1 fully saturated rings. The normalized spacial score (nSPS) is 23.6. The zero-order valence-corrected chi connectivity index (χ0v) is 11.7. The van der Waals surface area contributed by atoms with E-state index in [2.05, 4.69) is 5.92 Å². The quantitative estimate of drug-likeness (QED) is 0.732. The Morgan fingerprint density at radius 1 is 1.11 bits per heavy atom. The Morgan fingerprint density at radius 3 is 2.28 bits per heavy atom. The van der Waals surface area contributed by atoms with Gasteiger partial charge < -0.3 is 4.74 Å². The lowest BCUT2D eigenvalue weighted by Gasteiger charge is -2.28. The van der Waals surface area contributed by atoms with Gasteiger partial charge in [-0.2, -0.15) is 0 Å². The maximum atomic E-state index is 6.04. The van der Waals surface area contributed by atoms with Crippen LogP contribution in [0.3, 0.4) is 0 Å². The zero-order chi connectivity index (χ0) is 13.0. The lowest BCUT2D eigenvalue weighted by atomic mass is 9.83. The summed E-state index contributed by atoms with van der Waals surface area (Å²) in [6, 6.07) is 5.80. The largest absolute Gasteiger partial charge is 0.366 e. The molecule has 0 spiro atoms. The molecule has 2 rings (SSSR count). The minimum Gasteiger partial charge on any atom is -0.366 e. The van der Waals surface area contributed by atoms with Crippen LogP contribution in [0.1, 0.15) is 37.2 Å². The minimum atomic E-state index is 0.312. The van der Waals surface area contributed by atoms with E-state index in [0.29, 0.717) is 28.7 Å². The number of rotatable bonds is 3. The summed E-state index contributed by atoms with van der Waals surface area (Å²) in [5.41, 5.74) is 1.24. The van der Waals surface area contributed by atoms with Crippen LogP contribution >= 0.6 is 23.2 Å². The van der Waals surface area contributed by atoms with Gasteiger partial charge in [-0.15, -0.1) is 6.42 Å². The fourth-order valence-electron chi connectivity index (χ4n) is 2.54. The molecule has 0 radical (unpaired) electrons. The van der Waals surface area contributed by atoms with E-state index in [1.165, 1.54) is 5.56 Å². The zero-order valence-electron chi connectivity index (χ0n) is 10.2. The average Bonchev–Trinajstić information content (AvgIpc) is 2.36. The maximum Gasteiger partial charge on any atom is 0.107 e. The Labute approximate surface area is 118 Å². The summed E-state index contributed by atoms with van der Waals surface area (Å²) in [6.45, 7) is 0.415. The summed E-state index contributed by atoms with van der Waals surface area (Å²) >= 11 is 12.1. The van der Waals surface area contributed by atoms with Gasteiger partial charge in [-0.1, -0.05) is 29.1 Å². The first-order valence-corrected chi connectivity index (χ1v) is 6.95. The third kappa shape index (κ3) is 3.65. The Kier molecular flexibility index (Phi) is 4.95. The van der Waals surface area contributed by atoms with Gasteiger partial charge in [-0.25, -0.2) is 0 Å². The van der Waals surface area contributed by atoms with Crippen molar-refractivity contribution in [2.45, 2.75) is 37.7 Å². The van der Waals surface area contributed by atoms with Gasteiger partial charge in [0, 0.05) is 10.0 Å². The number of halogens is 2. The summed E-state index contributed by atoms with van der Waals surface area (Å²) in [5, 5.41) is 1.42. The highest BCUT2D eigenvalue weighted by atomic mass is 35.5. The van der Waals surface area contributed by atoms with Crippen molar-refractivity contribution in [3.63, 3.8) is 0 Å². The highest BCUT2D eigenvalue weighted by molar-refractivity contribution is 6.34. The Balaban J connectivity index is 1.95. The van der Waals surface area contributed by atoms with E-state index in [-0.39, 0.29) is 0 Å². The van der Waals surface area contributed by atoms with Crippen molar-refractivity contribution in [3.8, 4) is 12.3 Å². The molecule has 3 heteroatoms. The Morgan fingerprint density at radius 2 is 1.72 bits per heavy atom. The van der Waals surface area contributed by atoms with E-state index < -0.39 is 0 Å². The lowest BCUT2D eigenvalue weighted by Crippen LogP contribution is -2.21. The molecule has 96 valence electrons. The van der Waals surface area contributed by atoms with Crippen LogP contribution in [-0.2, 0) is 4.74 Å². The Hall–Kier alpha value is -0.680. The van der Waals surface area contributed by atoms with Gasteiger partial charge in [-0.05, 0) is 55.4 Å². The molecule has 1 aliphatic rings. The van der Waals surface area contributed by atoms with Crippen LogP contribution in [-0.4, -0.2) is 12.7 Å². The van der Waals surface area contributed by atoms with Crippen LogP contribution in [0.2, 0.25) is 10.0 Å². The predicted molar refractivity (Wildman–Crippen MR) is 76.2 cm³/mol. The molecular formula is C15H16Cl2O. The van der Waals surface area contributed by atoms with Crippen LogP contribution in [0, 0.1) is 12.3 Å². The lowest BCUT2D eigenvalue weighted by molar-refractivity contribution is 0.0453. The van der Waals surface area contributed by atoms with Crippen LogP contribution in [0.25, 0.3) is 0 Å². The molecule has 0 amide bonds. The average molecular weight is 283 g/mol. The summed E-state index contributed by atoms with van der Waals surface area (Å²) in [4.78, 5) is 0. The van der Waals surface area contributed by atoms with Crippen molar-refractivity contribution in [2.24, 2.45) is 0 Å². The molecule has 0 heterocycles. The van der Waals surface area contributed by atoms with Gasteiger partial charge in [0.15, 0.2) is 0 Å². The van der Waals surface area contributed by atoms with E-state index >= 15 is 0 Å². The predicted octanol–water partition coefficient (Wildman–Crippen LogP) is 4.67. The fourth-order valence-corrected chi connectivity index (χ4v) is 3.08. The van der Waals surface area contributed by atoms with Crippen molar-refractivity contribution in [3.05, 3.63) is 33.8 Å². The second kappa shape index (κ2) is 6.48. The van der Waals surface area contributed by atoms with Crippen molar-refractivity contribution in [1.29, 1.82) is 0 Å². The van der Waals surface area contributed by atoms with Crippen molar-refractivity contribution in [2.75, 3.05) is 6.61 Å². The van der Waals surface area contributed by atoms with Gasteiger partial charge in [-0.3, -0.25) is 0 Å². The third-order valence-electron chi connectivity index (χ3n) is 3.43. The standard InChI is InChI=1S/C15H16Cl2O/c1-2-7-18-15-5-3-11(4-6-15)12-8-13(16)10-14(17)9-12/h1,8-11,15H,3-7H2. The maximum absolute atomic E-state index is 6.04. The monoisotopic (exact) mass is 282 g/mol. The van der Waals surface area contributed by atoms with E-state index in [1.54, 1.807) is 6.07 Å². The van der Waals surface area contributed by atoms with Crippen molar-refractivity contribution >= 4 is 23.2 Å². The van der Waals surface area contributed by atoms with E-state index in [0.717, 1.165) is 25.7 Å². The van der Waals surface area contributed by atoms with Gasteiger partial charge in [0.2, 0.25) is 0 Å². The molecule has 0 aliphatic heterocycles. The number of terminal acetylenes is 1. The van der Waals surface area contributed by atoms with Gasteiger partial charge in [0.05, 0.1) is 6.10 Å². The van der Waals surface area contributed by atoms with Crippen molar-refractivity contribution < 1.29 is 4.74 Å². The van der Waals surface area contributed by atoms with Crippen LogP contribution in [0.5, 0.6) is 0 Å². The summed E-state index contributed by atoms with van der Waals surface area (Å²) < 4.78 is 5.58. The molecule has 0 N–H and O–H groups in total.